The van der Waals surface area contributed by atoms with Crippen LogP contribution in [-0.4, -0.2) is 10.9 Å². The number of thiocarbonyl (C=S) groups is 1. The number of carbonyl (C=O) groups is 1. The van der Waals surface area contributed by atoms with E-state index in [-0.39, 0.29) is 16.4 Å². The van der Waals surface area contributed by atoms with Gasteiger partial charge in [-0.25, -0.2) is 4.39 Å². The number of halogens is 2. The maximum Gasteiger partial charge on any atom is 0.291 e. The first-order chi connectivity index (χ1) is 8.97. The Morgan fingerprint density at radius 2 is 2.11 bits per heavy atom. The molecule has 0 bridgehead atoms. The number of anilines is 1. The van der Waals surface area contributed by atoms with Crippen molar-refractivity contribution in [2.24, 2.45) is 5.73 Å². The molecule has 0 spiro atoms. The summed E-state index contributed by atoms with van der Waals surface area (Å²) in [5.41, 5.74) is 5.81. The maximum atomic E-state index is 13.7. The number of hydrogen-bond donors (Lipinski definition) is 2. The van der Waals surface area contributed by atoms with Gasteiger partial charge in [-0.15, -0.1) is 0 Å². The zero-order valence-corrected chi connectivity index (χ0v) is 11.8. The van der Waals surface area contributed by atoms with Crippen LogP contribution in [0, 0.1) is 5.82 Å². The van der Waals surface area contributed by atoms with Gasteiger partial charge in [0, 0.05) is 5.56 Å². The second-order valence-corrected chi connectivity index (χ2v) is 4.84. The number of carbonyl (C=O) groups excluding carboxylic acids is 1. The Hall–Kier alpha value is -1.73. The Balaban J connectivity index is 2.20. The average molecular weight is 343 g/mol. The van der Waals surface area contributed by atoms with Crippen LogP contribution >= 0.6 is 28.1 Å². The van der Waals surface area contributed by atoms with Crippen molar-refractivity contribution < 1.29 is 13.6 Å². The van der Waals surface area contributed by atoms with E-state index >= 15 is 0 Å². The first kappa shape index (κ1) is 13.7. The van der Waals surface area contributed by atoms with Crippen LogP contribution in [0.25, 0.3) is 0 Å². The normalized spacial score (nSPS) is 10.2. The van der Waals surface area contributed by atoms with Gasteiger partial charge in [0.15, 0.2) is 10.4 Å². The van der Waals surface area contributed by atoms with Crippen molar-refractivity contribution >= 4 is 44.7 Å². The summed E-state index contributed by atoms with van der Waals surface area (Å²) in [4.78, 5) is 11.8. The number of hydrogen-bond acceptors (Lipinski definition) is 3. The molecule has 98 valence electrons. The standard InChI is InChI=1S/C12H8BrFN2O2S/c13-10-4-3-9(18-10)12(17)16-8-2-1-6(11(15)19)5-7(8)14/h1-5H,(H2,15,19)(H,16,17). The molecular formula is C12H8BrFN2O2S. The molecule has 0 aliphatic carbocycles. The summed E-state index contributed by atoms with van der Waals surface area (Å²) >= 11 is 7.81. The SMILES string of the molecule is NC(=S)c1ccc(NC(=O)c2ccc(Br)o2)c(F)c1. The fourth-order valence-electron chi connectivity index (χ4n) is 1.39. The number of furan rings is 1. The van der Waals surface area contributed by atoms with Crippen LogP contribution < -0.4 is 11.1 Å². The van der Waals surface area contributed by atoms with Crippen molar-refractivity contribution in [3.8, 4) is 0 Å². The third kappa shape index (κ3) is 3.18. The number of benzene rings is 1. The van der Waals surface area contributed by atoms with Gasteiger partial charge in [0.05, 0.1) is 5.69 Å². The molecule has 3 N–H and O–H groups in total. The number of amides is 1. The fraction of sp³-hybridized carbons (Fsp3) is 0. The molecule has 1 amide bonds. The molecule has 4 nitrogen and oxygen atoms in total. The van der Waals surface area contributed by atoms with E-state index < -0.39 is 11.7 Å². The molecule has 1 aromatic carbocycles. The Morgan fingerprint density at radius 3 is 2.63 bits per heavy atom. The number of nitrogens with two attached hydrogens (primary N) is 1. The van der Waals surface area contributed by atoms with Gasteiger partial charge in [0.25, 0.3) is 5.91 Å². The van der Waals surface area contributed by atoms with Crippen LogP contribution in [0.4, 0.5) is 10.1 Å². The van der Waals surface area contributed by atoms with Crippen molar-refractivity contribution in [3.63, 3.8) is 0 Å². The second-order valence-electron chi connectivity index (χ2n) is 3.62. The Bertz CT molecular complexity index is 657. The highest BCUT2D eigenvalue weighted by atomic mass is 79.9. The highest BCUT2D eigenvalue weighted by Gasteiger charge is 2.13. The molecule has 0 atom stereocenters. The van der Waals surface area contributed by atoms with Crippen molar-refractivity contribution in [3.05, 3.63) is 52.1 Å². The quantitative estimate of drug-likeness (QED) is 0.841. The first-order valence-corrected chi connectivity index (χ1v) is 6.33. The molecule has 2 rings (SSSR count). The molecular weight excluding hydrogens is 335 g/mol. The van der Waals surface area contributed by atoms with Gasteiger partial charge in [-0.3, -0.25) is 4.79 Å². The highest BCUT2D eigenvalue weighted by molar-refractivity contribution is 9.10. The van der Waals surface area contributed by atoms with E-state index in [0.29, 0.717) is 10.2 Å². The summed E-state index contributed by atoms with van der Waals surface area (Å²) in [6.07, 6.45) is 0. The van der Waals surface area contributed by atoms with Gasteiger partial charge in [-0.1, -0.05) is 12.2 Å². The van der Waals surface area contributed by atoms with Crippen molar-refractivity contribution in [1.82, 2.24) is 0 Å². The molecule has 1 heterocycles. The largest absolute Gasteiger partial charge is 0.444 e. The van der Waals surface area contributed by atoms with Crippen LogP contribution in [0.2, 0.25) is 0 Å². The van der Waals surface area contributed by atoms with Crippen molar-refractivity contribution in [1.29, 1.82) is 0 Å². The molecule has 1 aromatic heterocycles. The maximum absolute atomic E-state index is 13.7. The molecule has 7 heteroatoms. The van der Waals surface area contributed by atoms with E-state index in [2.05, 4.69) is 21.2 Å². The zero-order chi connectivity index (χ0) is 14.0. The lowest BCUT2D eigenvalue weighted by Crippen LogP contribution is -2.14. The molecule has 0 saturated heterocycles. The summed E-state index contributed by atoms with van der Waals surface area (Å²) in [7, 11) is 0. The van der Waals surface area contributed by atoms with E-state index in [1.807, 2.05) is 0 Å². The summed E-state index contributed by atoms with van der Waals surface area (Å²) in [5.74, 6) is -1.10. The van der Waals surface area contributed by atoms with Gasteiger partial charge < -0.3 is 15.5 Å². The Labute approximate surface area is 121 Å². The second kappa shape index (κ2) is 5.50. The highest BCUT2D eigenvalue weighted by Crippen LogP contribution is 2.19. The molecule has 0 unspecified atom stereocenters. The molecule has 2 aromatic rings. The van der Waals surface area contributed by atoms with Gasteiger partial charge in [-0.05, 0) is 46.3 Å². The predicted molar refractivity (Wildman–Crippen MR) is 76.6 cm³/mol. The summed E-state index contributed by atoms with van der Waals surface area (Å²) in [6, 6.07) is 7.12. The van der Waals surface area contributed by atoms with Crippen LogP contribution in [0.3, 0.4) is 0 Å². The fourth-order valence-corrected chi connectivity index (χ4v) is 1.82. The van der Waals surface area contributed by atoms with E-state index in [1.165, 1.54) is 18.2 Å². The zero-order valence-electron chi connectivity index (χ0n) is 9.44. The monoisotopic (exact) mass is 342 g/mol. The lowest BCUT2D eigenvalue weighted by atomic mass is 10.2. The molecule has 0 aliphatic rings. The molecule has 0 aliphatic heterocycles. The van der Waals surface area contributed by atoms with Gasteiger partial charge in [0.2, 0.25) is 0 Å². The topological polar surface area (TPSA) is 68.3 Å². The van der Waals surface area contributed by atoms with Crippen LogP contribution in [0.15, 0.2) is 39.4 Å². The lowest BCUT2D eigenvalue weighted by molar-refractivity contribution is 0.0995. The third-order valence-electron chi connectivity index (χ3n) is 2.30. The lowest BCUT2D eigenvalue weighted by Gasteiger charge is -2.06. The Kier molecular flexibility index (Phi) is 3.96. The molecule has 0 fully saturated rings. The molecule has 19 heavy (non-hydrogen) atoms. The summed E-state index contributed by atoms with van der Waals surface area (Å²) < 4.78 is 19.2. The van der Waals surface area contributed by atoms with Gasteiger partial charge in [0.1, 0.15) is 10.8 Å². The van der Waals surface area contributed by atoms with E-state index in [4.69, 9.17) is 22.4 Å². The average Bonchev–Trinajstić information content (AvgIpc) is 2.78. The van der Waals surface area contributed by atoms with Gasteiger partial charge >= 0.3 is 0 Å². The molecule has 0 radical (unpaired) electrons. The van der Waals surface area contributed by atoms with Gasteiger partial charge in [-0.2, -0.15) is 0 Å². The van der Waals surface area contributed by atoms with Crippen LogP contribution in [0.1, 0.15) is 16.1 Å². The van der Waals surface area contributed by atoms with Crippen LogP contribution in [-0.2, 0) is 0 Å². The van der Waals surface area contributed by atoms with E-state index in [1.54, 1.807) is 6.07 Å². The summed E-state index contributed by atoms with van der Waals surface area (Å²) in [5, 5.41) is 2.39. The summed E-state index contributed by atoms with van der Waals surface area (Å²) in [6.45, 7) is 0. The van der Waals surface area contributed by atoms with Crippen LogP contribution in [0.5, 0.6) is 0 Å². The van der Waals surface area contributed by atoms with E-state index in [9.17, 15) is 9.18 Å². The molecule has 0 saturated carbocycles. The number of rotatable bonds is 3. The smallest absolute Gasteiger partial charge is 0.291 e. The van der Waals surface area contributed by atoms with Crippen molar-refractivity contribution in [2.45, 2.75) is 0 Å². The minimum Gasteiger partial charge on any atom is -0.444 e. The first-order valence-electron chi connectivity index (χ1n) is 5.13. The van der Waals surface area contributed by atoms with E-state index in [0.717, 1.165) is 6.07 Å². The third-order valence-corrected chi connectivity index (χ3v) is 2.96. The number of nitrogens with one attached hydrogen (secondary N) is 1. The van der Waals surface area contributed by atoms with Crippen molar-refractivity contribution in [2.75, 3.05) is 5.32 Å². The predicted octanol–water partition coefficient (Wildman–Crippen LogP) is 3.07. The minimum absolute atomic E-state index is 0.0255. The Morgan fingerprint density at radius 1 is 1.37 bits per heavy atom. The minimum atomic E-state index is -0.621.